The number of phenols is 1. The molecule has 1 heterocycles. The van der Waals surface area contributed by atoms with Gasteiger partial charge in [-0.15, -0.1) is 10.2 Å². The van der Waals surface area contributed by atoms with Crippen molar-refractivity contribution in [2.75, 3.05) is 0 Å². The Labute approximate surface area is 128 Å². The fraction of sp³-hybridized carbons (Fsp3) is 0.167. The van der Waals surface area contributed by atoms with Crippen molar-refractivity contribution < 1.29 is 20.6 Å². The van der Waals surface area contributed by atoms with Crippen LogP contribution in [0.3, 0.4) is 0 Å². The van der Waals surface area contributed by atoms with Gasteiger partial charge in [-0.2, -0.15) is 5.23 Å². The van der Waals surface area contributed by atoms with Crippen LogP contribution in [0.5, 0.6) is 11.6 Å². The highest BCUT2D eigenvalue weighted by Crippen LogP contribution is 2.30. The highest BCUT2D eigenvalue weighted by molar-refractivity contribution is 5.57. The van der Waals surface area contributed by atoms with E-state index in [1.165, 1.54) is 20.2 Å². The molecule has 0 aliphatic carbocycles. The van der Waals surface area contributed by atoms with Crippen LogP contribution in [-0.2, 0) is 14.1 Å². The first-order chi connectivity index (χ1) is 10.7. The second-order valence-corrected chi connectivity index (χ2v) is 4.59. The Morgan fingerprint density at radius 1 is 1.13 bits per heavy atom. The Bertz CT molecular complexity index is 898. The summed E-state index contributed by atoms with van der Waals surface area (Å²) in [4.78, 5) is 23.5. The highest BCUT2D eigenvalue weighted by atomic mass is 16.8. The molecule has 0 aliphatic rings. The quantitative estimate of drug-likeness (QED) is 0.333. The minimum absolute atomic E-state index is 0.144. The highest BCUT2D eigenvalue weighted by Gasteiger charge is 2.15. The molecule has 1 unspecified atom stereocenters. The van der Waals surface area contributed by atoms with E-state index in [-0.39, 0.29) is 17.1 Å². The maximum Gasteiger partial charge on any atom is 0.333 e. The van der Waals surface area contributed by atoms with Crippen molar-refractivity contribution in [2.45, 2.75) is 0 Å². The summed E-state index contributed by atoms with van der Waals surface area (Å²) < 4.78 is 1.52. The summed E-state index contributed by atoms with van der Waals surface area (Å²) in [6, 6.07) is 3.32. The Kier molecular flexibility index (Phi) is 4.27. The van der Waals surface area contributed by atoms with E-state index < -0.39 is 28.0 Å². The van der Waals surface area contributed by atoms with Crippen LogP contribution in [0.2, 0.25) is 0 Å². The number of rotatable bonds is 3. The monoisotopic (exact) mass is 323 g/mol. The summed E-state index contributed by atoms with van der Waals surface area (Å²) in [5.41, 5.74) is -2.50. The summed E-state index contributed by atoms with van der Waals surface area (Å²) in [6.45, 7) is 0. The van der Waals surface area contributed by atoms with E-state index in [2.05, 4.69) is 10.2 Å². The van der Waals surface area contributed by atoms with Crippen LogP contribution in [0.15, 0.2) is 38.0 Å². The molecule has 1 aromatic heterocycles. The fourth-order valence-electron chi connectivity index (χ4n) is 1.74. The molecule has 4 N–H and O–H groups in total. The van der Waals surface area contributed by atoms with Crippen molar-refractivity contribution >= 4 is 17.1 Å². The van der Waals surface area contributed by atoms with E-state index in [1.807, 2.05) is 0 Å². The average molecular weight is 323 g/mol. The lowest BCUT2D eigenvalue weighted by atomic mass is 10.2. The first-order valence-electron chi connectivity index (χ1n) is 6.21. The summed E-state index contributed by atoms with van der Waals surface area (Å²) in [5, 5.41) is 45.1. The third-order valence-corrected chi connectivity index (χ3v) is 3.09. The molecule has 0 saturated heterocycles. The topological polar surface area (TPSA) is 157 Å². The lowest BCUT2D eigenvalue weighted by molar-refractivity contribution is -0.991. The van der Waals surface area contributed by atoms with E-state index in [9.17, 15) is 25.0 Å². The van der Waals surface area contributed by atoms with Gasteiger partial charge in [0, 0.05) is 26.2 Å². The number of aromatic hydroxyl groups is 2. The number of nitrogens with one attached hydrogen (secondary N) is 1. The summed E-state index contributed by atoms with van der Waals surface area (Å²) in [5.74, 6) is -1.06. The first kappa shape index (κ1) is 16.4. The van der Waals surface area contributed by atoms with Crippen molar-refractivity contribution in [3.63, 3.8) is 0 Å². The van der Waals surface area contributed by atoms with Crippen LogP contribution in [0.1, 0.15) is 0 Å². The molecule has 1 aromatic carbocycles. The standard InChI is InChI=1S/C12H13N5O6/c1-15-10(19)9(11(20)16(2)12(15)21)14-13-7-5-6(17(22)23)3-4-8(7)18/h3-5,17-19,22H,1-2H3. The van der Waals surface area contributed by atoms with Crippen LogP contribution in [0, 0.1) is 5.21 Å². The van der Waals surface area contributed by atoms with Crippen LogP contribution in [0.25, 0.3) is 0 Å². The number of nitrogens with zero attached hydrogens (tertiary/aromatic N) is 4. The Hall–Kier alpha value is -3.02. The molecule has 0 fully saturated rings. The Morgan fingerprint density at radius 2 is 1.78 bits per heavy atom. The van der Waals surface area contributed by atoms with Crippen molar-refractivity contribution in [2.24, 2.45) is 24.3 Å². The lowest BCUT2D eigenvalue weighted by Crippen LogP contribution is -2.99. The van der Waals surface area contributed by atoms with Crippen LogP contribution in [-0.4, -0.2) is 24.6 Å². The van der Waals surface area contributed by atoms with Gasteiger partial charge in [-0.05, 0) is 6.07 Å². The predicted molar refractivity (Wildman–Crippen MR) is 76.6 cm³/mol. The molecule has 0 amide bonds. The molecule has 1 atom stereocenters. The second-order valence-electron chi connectivity index (χ2n) is 4.59. The van der Waals surface area contributed by atoms with Gasteiger partial charge in [-0.25, -0.2) is 10.0 Å². The Morgan fingerprint density at radius 3 is 2.39 bits per heavy atom. The SMILES string of the molecule is Cn1c(O)c(N=Nc2cc([NH+]([O-])O)ccc2O)c(=O)n(C)c1=O. The molecule has 0 saturated carbocycles. The van der Waals surface area contributed by atoms with Crippen molar-refractivity contribution in [1.29, 1.82) is 0 Å². The van der Waals surface area contributed by atoms with Gasteiger partial charge in [-0.1, -0.05) is 0 Å². The lowest BCUT2D eigenvalue weighted by Gasteiger charge is -2.11. The molecule has 11 heteroatoms. The molecule has 0 spiro atoms. The molecular formula is C12H13N5O6. The average Bonchev–Trinajstić information content (AvgIpc) is 2.52. The van der Waals surface area contributed by atoms with Crippen LogP contribution in [0.4, 0.5) is 17.1 Å². The van der Waals surface area contributed by atoms with Gasteiger partial charge in [0.1, 0.15) is 11.4 Å². The van der Waals surface area contributed by atoms with E-state index >= 15 is 0 Å². The minimum atomic E-state index is -1.23. The van der Waals surface area contributed by atoms with Crippen LogP contribution >= 0.6 is 0 Å². The smallest absolute Gasteiger partial charge is 0.333 e. The maximum atomic E-state index is 11.9. The molecule has 2 aromatic rings. The van der Waals surface area contributed by atoms with E-state index in [0.29, 0.717) is 0 Å². The van der Waals surface area contributed by atoms with Gasteiger partial charge >= 0.3 is 5.69 Å². The summed E-state index contributed by atoms with van der Waals surface area (Å²) >= 11 is 0. The maximum absolute atomic E-state index is 11.9. The zero-order chi connectivity index (χ0) is 17.3. The summed E-state index contributed by atoms with van der Waals surface area (Å²) in [7, 11) is 2.43. The van der Waals surface area contributed by atoms with Gasteiger partial charge < -0.3 is 15.4 Å². The summed E-state index contributed by atoms with van der Waals surface area (Å²) in [6.07, 6.45) is 0. The van der Waals surface area contributed by atoms with Crippen molar-refractivity contribution in [1.82, 2.24) is 9.13 Å². The normalized spacial score (nSPS) is 12.7. The molecule has 122 valence electrons. The van der Waals surface area contributed by atoms with Gasteiger partial charge in [0.25, 0.3) is 5.56 Å². The van der Waals surface area contributed by atoms with Gasteiger partial charge in [0.2, 0.25) is 11.6 Å². The number of azo groups is 1. The van der Waals surface area contributed by atoms with Gasteiger partial charge in [-0.3, -0.25) is 13.9 Å². The third-order valence-electron chi connectivity index (χ3n) is 3.09. The fourth-order valence-corrected chi connectivity index (χ4v) is 1.74. The number of hydrogen-bond acceptors (Lipinski definition) is 8. The largest absolute Gasteiger partial charge is 0.595 e. The predicted octanol–water partition coefficient (Wildman–Crippen LogP) is -0.686. The van der Waals surface area contributed by atoms with Crippen LogP contribution < -0.4 is 16.5 Å². The molecular weight excluding hydrogens is 310 g/mol. The van der Waals surface area contributed by atoms with E-state index in [0.717, 1.165) is 21.3 Å². The number of phenolic OH excluding ortho intramolecular Hbond substituents is 1. The zero-order valence-corrected chi connectivity index (χ0v) is 12.1. The molecule has 0 aliphatic heterocycles. The molecule has 0 radical (unpaired) electrons. The second kappa shape index (κ2) is 6.00. The Balaban J connectivity index is 2.56. The van der Waals surface area contributed by atoms with Gasteiger partial charge in [0.15, 0.2) is 5.69 Å². The molecule has 2 rings (SSSR count). The number of benzene rings is 1. The van der Waals surface area contributed by atoms with Gasteiger partial charge in [0.05, 0.1) is 0 Å². The first-order valence-corrected chi connectivity index (χ1v) is 6.21. The van der Waals surface area contributed by atoms with Crippen molar-refractivity contribution in [3.8, 4) is 11.6 Å². The van der Waals surface area contributed by atoms with Crippen molar-refractivity contribution in [3.05, 3.63) is 44.2 Å². The number of aromatic nitrogens is 2. The molecule has 23 heavy (non-hydrogen) atoms. The molecule has 0 bridgehead atoms. The molecule has 11 nitrogen and oxygen atoms in total. The number of quaternary nitrogens is 1. The van der Waals surface area contributed by atoms with E-state index in [1.54, 1.807) is 0 Å². The third kappa shape index (κ3) is 2.96. The number of hydrogen-bond donors (Lipinski definition) is 4. The zero-order valence-electron chi connectivity index (χ0n) is 12.1. The van der Waals surface area contributed by atoms with E-state index in [4.69, 9.17) is 5.21 Å². The minimum Gasteiger partial charge on any atom is -0.595 e.